The number of nitrogens with zero attached hydrogens (tertiary/aromatic N) is 2. The Hall–Kier alpha value is -2.07. The molecule has 3 amide bonds. The van der Waals surface area contributed by atoms with E-state index in [1.165, 1.54) is 7.11 Å². The Labute approximate surface area is 240 Å². The van der Waals surface area contributed by atoms with Crippen molar-refractivity contribution < 1.29 is 23.9 Å². The van der Waals surface area contributed by atoms with Gasteiger partial charge < -0.3 is 20.3 Å². The Kier molecular flexibility index (Phi) is 15.1. The number of piperidine rings is 1. The Balaban J connectivity index is 3.09. The number of carbonyl (C=O) groups excluding carboxylic acids is 4. The number of likely N-dealkylation sites (N-methyl/N-ethyl adjacent to an activating group) is 1. The molecule has 1 aliphatic heterocycles. The summed E-state index contributed by atoms with van der Waals surface area (Å²) in [6, 6.07) is -1.79. The lowest BCUT2D eigenvalue weighted by molar-refractivity contribution is -0.144. The summed E-state index contributed by atoms with van der Waals surface area (Å²) in [5.74, 6) is -0.560. The average molecular weight is 569 g/mol. The minimum absolute atomic E-state index is 0.00730. The van der Waals surface area contributed by atoms with Crippen molar-refractivity contribution in [2.75, 3.05) is 32.7 Å². The van der Waals surface area contributed by atoms with Gasteiger partial charge in [-0.15, -0.1) is 0 Å². The molecular formula is C29H52N4O5S. The van der Waals surface area contributed by atoms with Crippen molar-refractivity contribution in [3.63, 3.8) is 0 Å². The van der Waals surface area contributed by atoms with Gasteiger partial charge in [0, 0.05) is 18.7 Å². The number of nitrogens with one attached hydrogen (secondary N) is 2. The summed E-state index contributed by atoms with van der Waals surface area (Å²) >= 11 is 1.58. The zero-order valence-corrected chi connectivity index (χ0v) is 26.5. The van der Waals surface area contributed by atoms with Gasteiger partial charge in [0.2, 0.25) is 17.7 Å². The molecule has 1 saturated heterocycles. The van der Waals surface area contributed by atoms with Crippen LogP contribution in [0.1, 0.15) is 74.1 Å². The second kappa shape index (κ2) is 16.9. The fraction of sp³-hybridized carbons (Fsp3) is 0.793. The molecule has 0 aliphatic carbocycles. The molecule has 224 valence electrons. The molecule has 10 heteroatoms. The van der Waals surface area contributed by atoms with Crippen LogP contribution in [0.3, 0.4) is 0 Å². The zero-order valence-electron chi connectivity index (χ0n) is 25.7. The van der Waals surface area contributed by atoms with Gasteiger partial charge in [0.15, 0.2) is 0 Å². The van der Waals surface area contributed by atoms with Crippen LogP contribution in [-0.2, 0) is 23.9 Å². The highest BCUT2D eigenvalue weighted by Gasteiger charge is 2.36. The zero-order chi connectivity index (χ0) is 29.9. The monoisotopic (exact) mass is 568 g/mol. The van der Waals surface area contributed by atoms with Gasteiger partial charge in [0.05, 0.1) is 19.2 Å². The Bertz CT molecular complexity index is 861. The molecule has 0 aromatic heterocycles. The number of amides is 3. The summed E-state index contributed by atoms with van der Waals surface area (Å²) in [5, 5.41) is 5.83. The molecular weight excluding hydrogens is 516 g/mol. The van der Waals surface area contributed by atoms with Crippen molar-refractivity contribution in [3.8, 4) is 0 Å². The molecule has 0 bridgehead atoms. The first-order valence-corrected chi connectivity index (χ1v) is 15.5. The number of ether oxygens (including phenoxy) is 1. The summed E-state index contributed by atoms with van der Waals surface area (Å²) in [7, 11) is 3.02. The lowest BCUT2D eigenvalue weighted by Crippen LogP contribution is -2.58. The molecule has 1 fully saturated rings. The Morgan fingerprint density at radius 3 is 2.21 bits per heavy atom. The van der Waals surface area contributed by atoms with Gasteiger partial charge in [0.1, 0.15) is 12.1 Å². The first-order valence-electron chi connectivity index (χ1n) is 14.2. The van der Waals surface area contributed by atoms with Gasteiger partial charge in [-0.25, -0.2) is 4.79 Å². The third kappa shape index (κ3) is 10.4. The van der Waals surface area contributed by atoms with E-state index in [9.17, 15) is 19.2 Å². The molecule has 39 heavy (non-hydrogen) atoms. The Morgan fingerprint density at radius 2 is 1.69 bits per heavy atom. The van der Waals surface area contributed by atoms with Crippen LogP contribution in [0.2, 0.25) is 0 Å². The number of likely N-dealkylation sites (tertiary alicyclic amines) is 1. The van der Waals surface area contributed by atoms with Gasteiger partial charge in [-0.1, -0.05) is 40.2 Å². The van der Waals surface area contributed by atoms with Crippen LogP contribution in [0.4, 0.5) is 0 Å². The van der Waals surface area contributed by atoms with E-state index in [0.29, 0.717) is 17.7 Å². The predicted octanol–water partition coefficient (Wildman–Crippen LogP) is 3.23. The molecule has 9 nitrogen and oxygen atoms in total. The smallest absolute Gasteiger partial charge is 0.328 e. The van der Waals surface area contributed by atoms with Gasteiger partial charge in [-0.3, -0.25) is 19.3 Å². The first kappa shape index (κ1) is 35.0. The summed E-state index contributed by atoms with van der Waals surface area (Å²) in [6.45, 7) is 14.6. The van der Waals surface area contributed by atoms with E-state index < -0.39 is 18.1 Å². The van der Waals surface area contributed by atoms with Crippen LogP contribution in [0.25, 0.3) is 0 Å². The van der Waals surface area contributed by atoms with E-state index in [0.717, 1.165) is 25.8 Å². The highest BCUT2D eigenvalue weighted by molar-refractivity contribution is 7.98. The van der Waals surface area contributed by atoms with E-state index in [1.54, 1.807) is 36.7 Å². The maximum atomic E-state index is 13.7. The molecule has 2 N–H and O–H groups in total. The van der Waals surface area contributed by atoms with Gasteiger partial charge >= 0.3 is 5.97 Å². The third-order valence-corrected chi connectivity index (χ3v) is 8.04. The molecule has 0 spiro atoms. The van der Waals surface area contributed by atoms with Gasteiger partial charge in [-0.05, 0) is 70.4 Å². The van der Waals surface area contributed by atoms with Crippen LogP contribution in [0.15, 0.2) is 11.6 Å². The lowest BCUT2D eigenvalue weighted by Gasteiger charge is -2.39. The van der Waals surface area contributed by atoms with E-state index in [1.807, 2.05) is 34.0 Å². The van der Waals surface area contributed by atoms with Crippen LogP contribution in [0.5, 0.6) is 0 Å². The molecule has 1 heterocycles. The summed E-state index contributed by atoms with van der Waals surface area (Å²) in [4.78, 5) is 56.1. The number of hydrogen-bond acceptors (Lipinski definition) is 7. The lowest BCUT2D eigenvalue weighted by atomic mass is 9.95. The maximum Gasteiger partial charge on any atom is 0.328 e. The second-order valence-electron chi connectivity index (χ2n) is 11.4. The van der Waals surface area contributed by atoms with Crippen molar-refractivity contribution in [1.29, 1.82) is 0 Å². The van der Waals surface area contributed by atoms with Gasteiger partial charge in [-0.2, -0.15) is 11.8 Å². The van der Waals surface area contributed by atoms with Crippen molar-refractivity contribution in [1.82, 2.24) is 20.4 Å². The molecule has 0 saturated carbocycles. The normalized spacial score (nSPS) is 19.0. The standard InChI is InChI=1S/C29H52N4O5S/c1-18(2)24(17-21(7)26(34)30-22(14-16-39-10)29(37)38-9)32(8)28(36)25(19(3)4)31-27(35)23-13-11-12-15-33(23)20(5)6/h17-20,22-25H,11-16H2,1-10H3,(H,30,34)(H,31,35)/b21-17+/t22?,23?,24-,25?/m1/s1. The van der Waals surface area contributed by atoms with Crippen molar-refractivity contribution in [3.05, 3.63) is 11.6 Å². The third-order valence-electron chi connectivity index (χ3n) is 7.40. The molecule has 0 radical (unpaired) electrons. The molecule has 0 aromatic rings. The maximum absolute atomic E-state index is 13.7. The first-order chi connectivity index (χ1) is 18.3. The van der Waals surface area contributed by atoms with E-state index in [4.69, 9.17) is 4.74 Å². The minimum Gasteiger partial charge on any atom is -0.467 e. The average Bonchev–Trinajstić information content (AvgIpc) is 2.90. The van der Waals surface area contributed by atoms with Crippen molar-refractivity contribution in [2.45, 2.75) is 104 Å². The van der Waals surface area contributed by atoms with Crippen molar-refractivity contribution >= 4 is 35.5 Å². The SMILES string of the molecule is COC(=O)C(CCSC)NC(=O)/C(C)=C/[C@H](C(C)C)N(C)C(=O)C(NC(=O)C1CCCCN1C(C)C)C(C)C. The summed E-state index contributed by atoms with van der Waals surface area (Å²) < 4.78 is 4.85. The molecule has 3 unspecified atom stereocenters. The highest BCUT2D eigenvalue weighted by atomic mass is 32.2. The molecule has 1 aliphatic rings. The number of esters is 1. The van der Waals surface area contributed by atoms with E-state index >= 15 is 0 Å². The minimum atomic E-state index is -0.735. The summed E-state index contributed by atoms with van der Waals surface area (Å²) in [5.41, 5.74) is 0.409. The fourth-order valence-electron chi connectivity index (χ4n) is 4.97. The number of rotatable bonds is 14. The van der Waals surface area contributed by atoms with Crippen LogP contribution < -0.4 is 10.6 Å². The number of carbonyl (C=O) groups is 4. The quantitative estimate of drug-likeness (QED) is 0.245. The number of hydrogen-bond donors (Lipinski definition) is 2. The largest absolute Gasteiger partial charge is 0.467 e. The van der Waals surface area contributed by atoms with Gasteiger partial charge in [0.25, 0.3) is 0 Å². The molecule has 0 aromatic carbocycles. The van der Waals surface area contributed by atoms with E-state index in [-0.39, 0.29) is 47.7 Å². The molecule has 1 rings (SSSR count). The highest BCUT2D eigenvalue weighted by Crippen LogP contribution is 2.21. The second-order valence-corrected chi connectivity index (χ2v) is 12.4. The number of thioether (sulfide) groups is 1. The number of methoxy groups -OCH3 is 1. The Morgan fingerprint density at radius 1 is 1.05 bits per heavy atom. The predicted molar refractivity (Wildman–Crippen MR) is 158 cm³/mol. The van der Waals surface area contributed by atoms with Crippen LogP contribution in [0, 0.1) is 11.8 Å². The van der Waals surface area contributed by atoms with Crippen molar-refractivity contribution in [2.24, 2.45) is 11.8 Å². The fourth-order valence-corrected chi connectivity index (χ4v) is 5.44. The van der Waals surface area contributed by atoms with Crippen LogP contribution in [-0.4, -0.2) is 96.4 Å². The molecule has 4 atom stereocenters. The van der Waals surface area contributed by atoms with Crippen LogP contribution >= 0.6 is 11.8 Å². The topological polar surface area (TPSA) is 108 Å². The summed E-state index contributed by atoms with van der Waals surface area (Å²) in [6.07, 6.45) is 7.02. The van der Waals surface area contributed by atoms with E-state index in [2.05, 4.69) is 29.4 Å².